The summed E-state index contributed by atoms with van der Waals surface area (Å²) in [6, 6.07) is 2.21. The van der Waals surface area contributed by atoms with E-state index in [4.69, 9.17) is 4.98 Å². The zero-order valence-electron chi connectivity index (χ0n) is 22.0. The van der Waals surface area contributed by atoms with Crippen molar-refractivity contribution in [3.8, 4) is 11.8 Å². The third kappa shape index (κ3) is 6.34. The molecule has 1 N–H and O–H groups in total. The largest absolute Gasteiger partial charge is 0.389 e. The number of aryl methyl sites for hydroxylation is 1. The predicted molar refractivity (Wildman–Crippen MR) is 141 cm³/mol. The van der Waals surface area contributed by atoms with Crippen LogP contribution in [0.3, 0.4) is 0 Å². The molecule has 0 bridgehead atoms. The van der Waals surface area contributed by atoms with Gasteiger partial charge in [-0.1, -0.05) is 51.9 Å². The molecule has 0 aromatic carbocycles. The molecule has 0 saturated heterocycles. The molecule has 2 atom stereocenters. The highest BCUT2D eigenvalue weighted by Gasteiger charge is 2.38. The number of allylic oxidation sites excluding steroid dienone is 1. The van der Waals surface area contributed by atoms with Crippen molar-refractivity contribution in [1.82, 2.24) is 10.3 Å². The van der Waals surface area contributed by atoms with Gasteiger partial charge < -0.3 is 5.32 Å². The van der Waals surface area contributed by atoms with Gasteiger partial charge in [-0.05, 0) is 42.7 Å². The predicted octanol–water partition coefficient (Wildman–Crippen LogP) is 6.92. The van der Waals surface area contributed by atoms with Gasteiger partial charge in [0.2, 0.25) is 0 Å². The molecule has 0 spiro atoms. The number of amidine groups is 1. The Hall–Kier alpha value is -2.88. The van der Waals surface area contributed by atoms with Crippen LogP contribution < -0.4 is 5.32 Å². The number of carbonyl (C=O) groups is 1. The number of nitrogens with one attached hydrogen (secondary N) is 1. The summed E-state index contributed by atoms with van der Waals surface area (Å²) in [6.07, 6.45) is 4.57. The van der Waals surface area contributed by atoms with Crippen LogP contribution in [0.2, 0.25) is 0 Å². The van der Waals surface area contributed by atoms with Crippen LogP contribution in [0, 0.1) is 23.7 Å². The minimum absolute atomic E-state index is 0.0714. The van der Waals surface area contributed by atoms with E-state index in [0.717, 1.165) is 53.7 Å². The normalized spacial score (nSPS) is 22.0. The maximum atomic E-state index is 12.6. The van der Waals surface area contributed by atoms with Gasteiger partial charge in [-0.25, -0.2) is 0 Å². The number of rotatable bonds is 7. The number of halogens is 3. The van der Waals surface area contributed by atoms with Crippen LogP contribution in [-0.2, 0) is 11.2 Å². The summed E-state index contributed by atoms with van der Waals surface area (Å²) >= 11 is 0. The number of pyridine rings is 1. The highest BCUT2D eigenvalue weighted by atomic mass is 19.4. The standard InChI is InChI=1S/C30H36F3N3O/c1-4-6-7-11-23-25-14-20(5-2)16-34-28(25)19(3)24(21-9-8-10-21)15-26(23)29-35-17-22(18-36-29)27(37)12-13-30(31,32)33/h14,16-17,19,21,24H,4-6,8-10,12-13,15,18H2,1-3H3,(H,35,36). The molecule has 0 amide bonds. The monoisotopic (exact) mass is 511 g/mol. The number of nitrogens with zero attached hydrogens (tertiary/aromatic N) is 2. The molecule has 1 fully saturated rings. The highest BCUT2D eigenvalue weighted by Crippen LogP contribution is 2.48. The molecule has 37 heavy (non-hydrogen) atoms. The second kappa shape index (κ2) is 11.7. The van der Waals surface area contributed by atoms with Gasteiger partial charge in [-0.2, -0.15) is 13.2 Å². The first-order valence-corrected chi connectivity index (χ1v) is 13.5. The van der Waals surface area contributed by atoms with Crippen molar-refractivity contribution in [2.75, 3.05) is 6.54 Å². The number of fused-ring (bicyclic) bond motifs is 1. The molecule has 1 aromatic rings. The molecule has 7 heteroatoms. The van der Waals surface area contributed by atoms with Gasteiger partial charge in [0.1, 0.15) is 5.84 Å². The lowest BCUT2D eigenvalue weighted by atomic mass is 9.68. The number of hydrogen-bond donors (Lipinski definition) is 1. The van der Waals surface area contributed by atoms with Crippen molar-refractivity contribution in [3.05, 3.63) is 46.4 Å². The molecule has 2 heterocycles. The Morgan fingerprint density at radius 1 is 1.24 bits per heavy atom. The molecule has 198 valence electrons. The highest BCUT2D eigenvalue weighted by molar-refractivity contribution is 6.10. The SMILES string of the molecule is CCCC#CC1=C(C2=NCC(C(=O)CCC(F)(F)F)=CN2)CC(C2CCC2)C(C)c2ncc(CC)cc21. The molecule has 2 unspecified atom stereocenters. The molecule has 1 aromatic heterocycles. The van der Waals surface area contributed by atoms with E-state index in [1.807, 2.05) is 6.20 Å². The maximum Gasteiger partial charge on any atom is 0.389 e. The fourth-order valence-corrected chi connectivity index (χ4v) is 5.41. The van der Waals surface area contributed by atoms with E-state index in [1.165, 1.54) is 19.3 Å². The zero-order chi connectivity index (χ0) is 26.6. The molecule has 1 aliphatic heterocycles. The van der Waals surface area contributed by atoms with Gasteiger partial charge in [-0.15, -0.1) is 0 Å². The Kier molecular flexibility index (Phi) is 8.56. The van der Waals surface area contributed by atoms with Gasteiger partial charge in [0.05, 0.1) is 18.7 Å². The lowest BCUT2D eigenvalue weighted by Gasteiger charge is -2.37. The second-order valence-corrected chi connectivity index (χ2v) is 10.4. The summed E-state index contributed by atoms with van der Waals surface area (Å²) in [7, 11) is 0. The van der Waals surface area contributed by atoms with Crippen LogP contribution in [0.4, 0.5) is 13.2 Å². The lowest BCUT2D eigenvalue weighted by molar-refractivity contribution is -0.141. The fraction of sp³-hybridized carbons (Fsp3) is 0.567. The summed E-state index contributed by atoms with van der Waals surface area (Å²) in [5.74, 6) is 8.22. The molecule has 1 saturated carbocycles. The summed E-state index contributed by atoms with van der Waals surface area (Å²) in [6.45, 7) is 6.56. The Balaban J connectivity index is 1.73. The second-order valence-electron chi connectivity index (χ2n) is 10.4. The minimum atomic E-state index is -4.35. The van der Waals surface area contributed by atoms with E-state index >= 15 is 0 Å². The lowest BCUT2D eigenvalue weighted by Crippen LogP contribution is -2.31. The first-order valence-electron chi connectivity index (χ1n) is 13.5. The van der Waals surface area contributed by atoms with Crippen molar-refractivity contribution >= 4 is 17.2 Å². The average molecular weight is 512 g/mol. The third-order valence-electron chi connectivity index (χ3n) is 7.88. The maximum absolute atomic E-state index is 12.6. The van der Waals surface area contributed by atoms with Crippen LogP contribution in [0.1, 0.15) is 94.9 Å². The van der Waals surface area contributed by atoms with Gasteiger partial charge in [0.15, 0.2) is 5.78 Å². The van der Waals surface area contributed by atoms with E-state index in [1.54, 1.807) is 6.20 Å². The Bertz CT molecular complexity index is 1180. The number of unbranched alkanes of at least 4 members (excludes halogenated alkanes) is 1. The first-order chi connectivity index (χ1) is 17.7. The smallest absolute Gasteiger partial charge is 0.346 e. The fourth-order valence-electron chi connectivity index (χ4n) is 5.41. The number of aromatic nitrogens is 1. The number of carbonyl (C=O) groups excluding carboxylic acids is 1. The molecule has 2 aliphatic carbocycles. The molecular weight excluding hydrogens is 475 g/mol. The van der Waals surface area contributed by atoms with Crippen LogP contribution in [0.5, 0.6) is 0 Å². The topological polar surface area (TPSA) is 54.4 Å². The molecular formula is C30H36F3N3O. The van der Waals surface area contributed by atoms with Crippen molar-refractivity contribution in [2.45, 2.75) is 90.7 Å². The average Bonchev–Trinajstić information content (AvgIpc) is 2.96. The van der Waals surface area contributed by atoms with E-state index < -0.39 is 24.8 Å². The number of ketones is 1. The zero-order valence-corrected chi connectivity index (χ0v) is 22.0. The van der Waals surface area contributed by atoms with E-state index in [0.29, 0.717) is 17.7 Å². The van der Waals surface area contributed by atoms with Gasteiger partial charge >= 0.3 is 6.18 Å². The molecule has 3 aliphatic rings. The molecule has 4 nitrogen and oxygen atoms in total. The Morgan fingerprint density at radius 2 is 2.03 bits per heavy atom. The van der Waals surface area contributed by atoms with Gasteiger partial charge in [0, 0.05) is 53.4 Å². The summed E-state index contributed by atoms with van der Waals surface area (Å²) < 4.78 is 37.8. The van der Waals surface area contributed by atoms with E-state index in [9.17, 15) is 18.0 Å². The summed E-state index contributed by atoms with van der Waals surface area (Å²) in [5.41, 5.74) is 5.54. The van der Waals surface area contributed by atoms with Crippen molar-refractivity contribution in [3.63, 3.8) is 0 Å². The van der Waals surface area contributed by atoms with Crippen molar-refractivity contribution in [1.29, 1.82) is 0 Å². The molecule has 0 radical (unpaired) electrons. The summed E-state index contributed by atoms with van der Waals surface area (Å²) in [5, 5.41) is 3.17. The third-order valence-corrected chi connectivity index (χ3v) is 7.88. The Labute approximate surface area is 217 Å². The van der Waals surface area contributed by atoms with Crippen LogP contribution in [0.25, 0.3) is 5.57 Å². The van der Waals surface area contributed by atoms with Crippen LogP contribution in [0.15, 0.2) is 34.6 Å². The number of alkyl halides is 3. The van der Waals surface area contributed by atoms with Crippen molar-refractivity contribution in [2.24, 2.45) is 16.8 Å². The van der Waals surface area contributed by atoms with Crippen LogP contribution in [-0.4, -0.2) is 29.3 Å². The van der Waals surface area contributed by atoms with Gasteiger partial charge in [0.25, 0.3) is 0 Å². The Morgan fingerprint density at radius 3 is 2.62 bits per heavy atom. The van der Waals surface area contributed by atoms with E-state index in [2.05, 4.69) is 49.0 Å². The molecule has 4 rings (SSSR count). The quantitative estimate of drug-likeness (QED) is 0.404. The van der Waals surface area contributed by atoms with Crippen molar-refractivity contribution < 1.29 is 18.0 Å². The van der Waals surface area contributed by atoms with E-state index in [-0.39, 0.29) is 18.0 Å². The van der Waals surface area contributed by atoms with Crippen LogP contribution >= 0.6 is 0 Å². The number of Topliss-reactive ketones (excluding diaryl/α,β-unsaturated/α-hetero) is 1. The number of hydrogen-bond acceptors (Lipinski definition) is 4. The minimum Gasteiger partial charge on any atom is -0.346 e. The first kappa shape index (κ1) is 27.2. The number of aliphatic imine (C=N–C) groups is 1. The summed E-state index contributed by atoms with van der Waals surface area (Å²) in [4.78, 5) is 22.0. The van der Waals surface area contributed by atoms with Gasteiger partial charge in [-0.3, -0.25) is 14.8 Å².